The molecular weight excluding hydrogens is 146 g/mol. The summed E-state index contributed by atoms with van der Waals surface area (Å²) in [5.41, 5.74) is 0. The summed E-state index contributed by atoms with van der Waals surface area (Å²) in [6.07, 6.45) is 4.18. The highest BCUT2D eigenvalue weighted by Crippen LogP contribution is 2.28. The standard InChI is InChI=1S/C11H23N/c1-8(2)12-11-6-9(3)5-10(4)7-11/h8-12H,5-7H2,1-4H3/t9-,10+,11?. The van der Waals surface area contributed by atoms with Crippen molar-refractivity contribution < 1.29 is 0 Å². The van der Waals surface area contributed by atoms with E-state index in [1.807, 2.05) is 0 Å². The Balaban J connectivity index is 2.34. The van der Waals surface area contributed by atoms with E-state index in [0.29, 0.717) is 6.04 Å². The summed E-state index contributed by atoms with van der Waals surface area (Å²) < 4.78 is 0. The number of rotatable bonds is 2. The molecule has 0 aromatic heterocycles. The summed E-state index contributed by atoms with van der Waals surface area (Å²) in [5.74, 6) is 1.84. The SMILES string of the molecule is CC(C)NC1C[C@@H](C)C[C@@H](C)C1. The molecule has 0 heterocycles. The van der Waals surface area contributed by atoms with Crippen LogP contribution in [-0.2, 0) is 0 Å². The van der Waals surface area contributed by atoms with E-state index in [1.165, 1.54) is 19.3 Å². The number of hydrogen-bond donors (Lipinski definition) is 1. The highest BCUT2D eigenvalue weighted by atomic mass is 14.9. The molecule has 1 saturated carbocycles. The minimum absolute atomic E-state index is 0.646. The van der Waals surface area contributed by atoms with Crippen LogP contribution in [0.3, 0.4) is 0 Å². The zero-order chi connectivity index (χ0) is 9.14. The minimum atomic E-state index is 0.646. The number of hydrogen-bond acceptors (Lipinski definition) is 1. The van der Waals surface area contributed by atoms with Crippen LogP contribution in [0.4, 0.5) is 0 Å². The van der Waals surface area contributed by atoms with Crippen LogP contribution in [-0.4, -0.2) is 12.1 Å². The van der Waals surface area contributed by atoms with Crippen molar-refractivity contribution in [3.05, 3.63) is 0 Å². The lowest BCUT2D eigenvalue weighted by atomic mass is 9.80. The van der Waals surface area contributed by atoms with E-state index < -0.39 is 0 Å². The summed E-state index contributed by atoms with van der Waals surface area (Å²) in [6.45, 7) is 9.24. The average Bonchev–Trinajstić information content (AvgIpc) is 1.81. The fourth-order valence-electron chi connectivity index (χ4n) is 2.55. The van der Waals surface area contributed by atoms with Gasteiger partial charge in [0, 0.05) is 12.1 Å². The van der Waals surface area contributed by atoms with E-state index in [-0.39, 0.29) is 0 Å². The van der Waals surface area contributed by atoms with Gasteiger partial charge in [-0.2, -0.15) is 0 Å². The van der Waals surface area contributed by atoms with Gasteiger partial charge in [0.05, 0.1) is 0 Å². The first-order chi connectivity index (χ1) is 5.58. The Morgan fingerprint density at radius 2 is 1.50 bits per heavy atom. The molecular formula is C11H23N. The third-order valence-electron chi connectivity index (χ3n) is 2.75. The zero-order valence-electron chi connectivity index (χ0n) is 8.93. The van der Waals surface area contributed by atoms with E-state index in [2.05, 4.69) is 33.0 Å². The molecule has 1 nitrogen and oxygen atoms in total. The van der Waals surface area contributed by atoms with Crippen molar-refractivity contribution >= 4 is 0 Å². The van der Waals surface area contributed by atoms with Crippen molar-refractivity contribution in [3.63, 3.8) is 0 Å². The first-order valence-corrected chi connectivity index (χ1v) is 5.34. The fourth-order valence-corrected chi connectivity index (χ4v) is 2.55. The van der Waals surface area contributed by atoms with Gasteiger partial charge in [0.25, 0.3) is 0 Å². The van der Waals surface area contributed by atoms with Gasteiger partial charge in [-0.15, -0.1) is 0 Å². The molecule has 1 rings (SSSR count). The maximum Gasteiger partial charge on any atom is 0.00744 e. The van der Waals surface area contributed by atoms with Crippen LogP contribution < -0.4 is 5.32 Å². The van der Waals surface area contributed by atoms with Crippen LogP contribution >= 0.6 is 0 Å². The van der Waals surface area contributed by atoms with Gasteiger partial charge in [-0.25, -0.2) is 0 Å². The summed E-state index contributed by atoms with van der Waals surface area (Å²) in [7, 11) is 0. The van der Waals surface area contributed by atoms with Crippen molar-refractivity contribution in [3.8, 4) is 0 Å². The van der Waals surface area contributed by atoms with Crippen LogP contribution in [0.25, 0.3) is 0 Å². The molecule has 0 spiro atoms. The number of nitrogens with one attached hydrogen (secondary N) is 1. The molecule has 12 heavy (non-hydrogen) atoms. The summed E-state index contributed by atoms with van der Waals surface area (Å²) in [6, 6.07) is 1.43. The first-order valence-electron chi connectivity index (χ1n) is 5.34. The van der Waals surface area contributed by atoms with E-state index in [1.54, 1.807) is 0 Å². The maximum atomic E-state index is 3.64. The zero-order valence-corrected chi connectivity index (χ0v) is 8.93. The van der Waals surface area contributed by atoms with E-state index in [4.69, 9.17) is 0 Å². The van der Waals surface area contributed by atoms with Crippen LogP contribution in [0, 0.1) is 11.8 Å². The average molecular weight is 169 g/mol. The Morgan fingerprint density at radius 3 is 1.92 bits per heavy atom. The maximum absolute atomic E-state index is 3.64. The highest BCUT2D eigenvalue weighted by Gasteiger charge is 2.23. The highest BCUT2D eigenvalue weighted by molar-refractivity contribution is 4.80. The molecule has 1 heteroatoms. The molecule has 1 N–H and O–H groups in total. The molecule has 0 bridgehead atoms. The lowest BCUT2D eigenvalue weighted by Gasteiger charge is -2.33. The summed E-state index contributed by atoms with van der Waals surface area (Å²) in [4.78, 5) is 0. The van der Waals surface area contributed by atoms with Crippen molar-refractivity contribution in [1.82, 2.24) is 5.32 Å². The van der Waals surface area contributed by atoms with Crippen molar-refractivity contribution in [2.75, 3.05) is 0 Å². The molecule has 1 fully saturated rings. The largest absolute Gasteiger partial charge is 0.312 e. The van der Waals surface area contributed by atoms with Gasteiger partial charge >= 0.3 is 0 Å². The second-order valence-corrected chi connectivity index (χ2v) is 4.94. The third kappa shape index (κ3) is 3.14. The van der Waals surface area contributed by atoms with Gasteiger partial charge in [-0.05, 0) is 31.1 Å². The third-order valence-corrected chi connectivity index (χ3v) is 2.75. The molecule has 1 aliphatic carbocycles. The van der Waals surface area contributed by atoms with E-state index in [9.17, 15) is 0 Å². The molecule has 0 aromatic rings. The Kier molecular flexibility index (Phi) is 3.57. The Labute approximate surface area is 76.9 Å². The van der Waals surface area contributed by atoms with Gasteiger partial charge in [0.1, 0.15) is 0 Å². The molecule has 0 saturated heterocycles. The second kappa shape index (κ2) is 4.27. The van der Waals surface area contributed by atoms with Crippen LogP contribution in [0.2, 0.25) is 0 Å². The topological polar surface area (TPSA) is 12.0 Å². The Morgan fingerprint density at radius 1 is 1.00 bits per heavy atom. The smallest absolute Gasteiger partial charge is 0.00744 e. The Hall–Kier alpha value is -0.0400. The lowest BCUT2D eigenvalue weighted by molar-refractivity contribution is 0.231. The fraction of sp³-hybridized carbons (Fsp3) is 1.00. The monoisotopic (exact) mass is 169 g/mol. The van der Waals surface area contributed by atoms with Gasteiger partial charge < -0.3 is 5.32 Å². The van der Waals surface area contributed by atoms with Crippen molar-refractivity contribution in [2.45, 2.75) is 59.0 Å². The van der Waals surface area contributed by atoms with Crippen molar-refractivity contribution in [2.24, 2.45) is 11.8 Å². The predicted octanol–water partition coefficient (Wildman–Crippen LogP) is 2.81. The van der Waals surface area contributed by atoms with Crippen LogP contribution in [0.1, 0.15) is 47.0 Å². The molecule has 0 radical (unpaired) electrons. The minimum Gasteiger partial charge on any atom is -0.312 e. The molecule has 0 aromatic carbocycles. The molecule has 3 atom stereocenters. The molecule has 0 amide bonds. The van der Waals surface area contributed by atoms with Gasteiger partial charge in [-0.3, -0.25) is 0 Å². The summed E-state index contributed by atoms with van der Waals surface area (Å²) >= 11 is 0. The predicted molar refractivity (Wildman–Crippen MR) is 54.2 cm³/mol. The van der Waals surface area contributed by atoms with Crippen molar-refractivity contribution in [1.29, 1.82) is 0 Å². The van der Waals surface area contributed by atoms with Gasteiger partial charge in [0.15, 0.2) is 0 Å². The quantitative estimate of drug-likeness (QED) is 0.670. The van der Waals surface area contributed by atoms with Crippen LogP contribution in [0.15, 0.2) is 0 Å². The molecule has 1 unspecified atom stereocenters. The van der Waals surface area contributed by atoms with Crippen LogP contribution in [0.5, 0.6) is 0 Å². The first kappa shape index (κ1) is 10.0. The summed E-state index contributed by atoms with van der Waals surface area (Å²) in [5, 5.41) is 3.64. The molecule has 1 aliphatic rings. The van der Waals surface area contributed by atoms with Gasteiger partial charge in [0.2, 0.25) is 0 Å². The van der Waals surface area contributed by atoms with E-state index >= 15 is 0 Å². The van der Waals surface area contributed by atoms with E-state index in [0.717, 1.165) is 17.9 Å². The molecule has 72 valence electrons. The normalized spacial score (nSPS) is 37.2. The Bertz CT molecular complexity index is 118. The van der Waals surface area contributed by atoms with Gasteiger partial charge in [-0.1, -0.05) is 27.7 Å². The molecule has 0 aliphatic heterocycles. The lowest BCUT2D eigenvalue weighted by Crippen LogP contribution is -2.39. The second-order valence-electron chi connectivity index (χ2n) is 4.94.